The first-order valence-corrected chi connectivity index (χ1v) is 10.8. The van der Waals surface area contributed by atoms with Crippen LogP contribution in [0.2, 0.25) is 0 Å². The summed E-state index contributed by atoms with van der Waals surface area (Å²) in [5.41, 5.74) is 2.68. The van der Waals surface area contributed by atoms with Crippen LogP contribution in [0, 0.1) is 12.7 Å². The standard InChI is InChI=1S/C23H23BrFN5O/c1-15-19-14-18(27-22(31)8-4-16-3-5-17(24)13-20(16)25)6-7-21(19)28-23(26-15)30-11-9-29(2)10-12-30/h3-8,13-14H,9-12H2,1-2H3,(H,27,31). The maximum atomic E-state index is 13.9. The number of rotatable bonds is 4. The maximum Gasteiger partial charge on any atom is 0.248 e. The first kappa shape index (κ1) is 21.4. The average molecular weight is 484 g/mol. The topological polar surface area (TPSA) is 61.4 Å². The predicted molar refractivity (Wildman–Crippen MR) is 126 cm³/mol. The van der Waals surface area contributed by atoms with Gasteiger partial charge < -0.3 is 15.1 Å². The molecule has 8 heteroatoms. The lowest BCUT2D eigenvalue weighted by molar-refractivity contribution is -0.111. The normalized spacial score (nSPS) is 15.0. The number of benzene rings is 2. The Balaban J connectivity index is 1.49. The highest BCUT2D eigenvalue weighted by molar-refractivity contribution is 9.10. The molecule has 0 radical (unpaired) electrons. The predicted octanol–water partition coefficient (Wildman–Crippen LogP) is 4.24. The first-order valence-electron chi connectivity index (χ1n) is 10.0. The molecule has 1 aliphatic heterocycles. The molecule has 4 rings (SSSR count). The van der Waals surface area contributed by atoms with E-state index >= 15 is 0 Å². The van der Waals surface area contributed by atoms with Crippen molar-refractivity contribution in [3.63, 3.8) is 0 Å². The van der Waals surface area contributed by atoms with Crippen molar-refractivity contribution in [1.29, 1.82) is 0 Å². The first-order chi connectivity index (χ1) is 14.9. The molecule has 2 aromatic carbocycles. The number of hydrogen-bond donors (Lipinski definition) is 1. The number of nitrogens with one attached hydrogen (secondary N) is 1. The molecular formula is C23H23BrFN5O. The number of aryl methyl sites for hydroxylation is 1. The number of carbonyl (C=O) groups excluding carboxylic acids is 1. The minimum atomic E-state index is -0.395. The summed E-state index contributed by atoms with van der Waals surface area (Å²) in [5, 5.41) is 3.70. The van der Waals surface area contributed by atoms with Crippen LogP contribution in [0.4, 0.5) is 16.0 Å². The Morgan fingerprint density at radius 1 is 1.13 bits per heavy atom. The SMILES string of the molecule is Cc1nc(N2CCN(C)CC2)nc2ccc(NC(=O)C=Cc3ccc(Br)cc3F)cc12. The minimum Gasteiger partial charge on any atom is -0.338 e. The summed E-state index contributed by atoms with van der Waals surface area (Å²) >= 11 is 3.22. The van der Waals surface area contributed by atoms with Crippen LogP contribution < -0.4 is 10.2 Å². The van der Waals surface area contributed by atoms with E-state index in [1.807, 2.05) is 25.1 Å². The van der Waals surface area contributed by atoms with Gasteiger partial charge in [-0.25, -0.2) is 14.4 Å². The van der Waals surface area contributed by atoms with Gasteiger partial charge >= 0.3 is 0 Å². The van der Waals surface area contributed by atoms with Gasteiger partial charge in [0, 0.05) is 53.4 Å². The lowest BCUT2D eigenvalue weighted by atomic mass is 10.1. The van der Waals surface area contributed by atoms with E-state index < -0.39 is 5.82 Å². The van der Waals surface area contributed by atoms with Crippen molar-refractivity contribution in [1.82, 2.24) is 14.9 Å². The maximum absolute atomic E-state index is 13.9. The monoisotopic (exact) mass is 483 g/mol. The van der Waals surface area contributed by atoms with Crippen LogP contribution in [0.25, 0.3) is 17.0 Å². The molecule has 2 heterocycles. The summed E-state index contributed by atoms with van der Waals surface area (Å²) in [6.45, 7) is 5.74. The molecule has 1 fully saturated rings. The van der Waals surface area contributed by atoms with Gasteiger partial charge in [-0.1, -0.05) is 22.0 Å². The zero-order valence-corrected chi connectivity index (χ0v) is 19.0. The third-order valence-corrected chi connectivity index (χ3v) is 5.80. The Labute approximate surface area is 188 Å². The second-order valence-electron chi connectivity index (χ2n) is 7.62. The van der Waals surface area contributed by atoms with E-state index in [-0.39, 0.29) is 5.91 Å². The number of piperazine rings is 1. The smallest absolute Gasteiger partial charge is 0.248 e. The summed E-state index contributed by atoms with van der Waals surface area (Å²) in [7, 11) is 2.12. The van der Waals surface area contributed by atoms with Gasteiger partial charge in [-0.2, -0.15) is 0 Å². The molecule has 1 aromatic heterocycles. The van der Waals surface area contributed by atoms with Gasteiger partial charge in [-0.05, 0) is 50.4 Å². The number of fused-ring (bicyclic) bond motifs is 1. The molecular weight excluding hydrogens is 461 g/mol. The number of amides is 1. The van der Waals surface area contributed by atoms with E-state index in [1.54, 1.807) is 12.1 Å². The van der Waals surface area contributed by atoms with E-state index in [0.29, 0.717) is 15.7 Å². The lowest BCUT2D eigenvalue weighted by Crippen LogP contribution is -2.45. The van der Waals surface area contributed by atoms with E-state index in [0.717, 1.165) is 48.7 Å². The molecule has 1 N–H and O–H groups in total. The summed E-state index contributed by atoms with van der Waals surface area (Å²) in [6.07, 6.45) is 2.77. The zero-order chi connectivity index (χ0) is 22.0. The molecule has 6 nitrogen and oxygen atoms in total. The quantitative estimate of drug-likeness (QED) is 0.562. The summed E-state index contributed by atoms with van der Waals surface area (Å²) in [6, 6.07) is 10.3. The van der Waals surface area contributed by atoms with Gasteiger partial charge in [0.15, 0.2) is 0 Å². The number of carbonyl (C=O) groups is 1. The molecule has 0 saturated carbocycles. The van der Waals surface area contributed by atoms with Crippen molar-refractivity contribution < 1.29 is 9.18 Å². The molecule has 1 amide bonds. The molecule has 160 valence electrons. The van der Waals surface area contributed by atoms with Crippen molar-refractivity contribution >= 4 is 50.5 Å². The van der Waals surface area contributed by atoms with E-state index in [9.17, 15) is 9.18 Å². The highest BCUT2D eigenvalue weighted by Crippen LogP contribution is 2.23. The lowest BCUT2D eigenvalue weighted by Gasteiger charge is -2.32. The van der Waals surface area contributed by atoms with Crippen LogP contribution >= 0.6 is 15.9 Å². The van der Waals surface area contributed by atoms with Gasteiger partial charge in [0.25, 0.3) is 0 Å². The summed E-state index contributed by atoms with van der Waals surface area (Å²) in [5.74, 6) is 0.0108. The van der Waals surface area contributed by atoms with Crippen molar-refractivity contribution in [2.75, 3.05) is 43.4 Å². The van der Waals surface area contributed by atoms with Crippen LogP contribution in [-0.2, 0) is 4.79 Å². The fourth-order valence-electron chi connectivity index (χ4n) is 3.48. The Kier molecular flexibility index (Phi) is 6.29. The number of halogens is 2. The highest BCUT2D eigenvalue weighted by atomic mass is 79.9. The Morgan fingerprint density at radius 2 is 1.90 bits per heavy atom. The van der Waals surface area contributed by atoms with Crippen molar-refractivity contribution in [3.05, 3.63) is 64.0 Å². The Morgan fingerprint density at radius 3 is 2.65 bits per heavy atom. The molecule has 3 aromatic rings. The third-order valence-electron chi connectivity index (χ3n) is 5.30. The van der Waals surface area contributed by atoms with Crippen LogP contribution in [0.3, 0.4) is 0 Å². The largest absolute Gasteiger partial charge is 0.338 e. The van der Waals surface area contributed by atoms with Crippen LogP contribution in [0.15, 0.2) is 46.9 Å². The average Bonchev–Trinajstić information content (AvgIpc) is 2.74. The molecule has 0 unspecified atom stereocenters. The van der Waals surface area contributed by atoms with Crippen LogP contribution in [0.5, 0.6) is 0 Å². The fourth-order valence-corrected chi connectivity index (χ4v) is 3.81. The number of likely N-dealkylation sites (N-methyl/N-ethyl adjacent to an activating group) is 1. The second kappa shape index (κ2) is 9.11. The fraction of sp³-hybridized carbons (Fsp3) is 0.261. The molecule has 1 saturated heterocycles. The minimum absolute atomic E-state index is 0.339. The summed E-state index contributed by atoms with van der Waals surface area (Å²) in [4.78, 5) is 26.2. The van der Waals surface area contributed by atoms with Crippen molar-refractivity contribution in [2.45, 2.75) is 6.92 Å². The molecule has 0 bridgehead atoms. The third kappa shape index (κ3) is 5.08. The Bertz CT molecular complexity index is 1160. The number of anilines is 2. The van der Waals surface area contributed by atoms with Gasteiger partial charge in [-0.3, -0.25) is 4.79 Å². The molecule has 0 aliphatic carbocycles. The summed E-state index contributed by atoms with van der Waals surface area (Å²) < 4.78 is 14.5. The Hall–Kier alpha value is -2.84. The van der Waals surface area contributed by atoms with E-state index in [2.05, 4.69) is 43.1 Å². The van der Waals surface area contributed by atoms with E-state index in [1.165, 1.54) is 18.2 Å². The van der Waals surface area contributed by atoms with Gasteiger partial charge in [-0.15, -0.1) is 0 Å². The molecule has 0 atom stereocenters. The van der Waals surface area contributed by atoms with E-state index in [4.69, 9.17) is 4.98 Å². The van der Waals surface area contributed by atoms with Gasteiger partial charge in [0.05, 0.1) is 11.2 Å². The van der Waals surface area contributed by atoms with Crippen LogP contribution in [-0.4, -0.2) is 54.0 Å². The number of hydrogen-bond acceptors (Lipinski definition) is 5. The molecule has 0 spiro atoms. The molecule has 31 heavy (non-hydrogen) atoms. The number of aromatic nitrogens is 2. The number of nitrogens with zero attached hydrogens (tertiary/aromatic N) is 4. The second-order valence-corrected chi connectivity index (χ2v) is 8.54. The van der Waals surface area contributed by atoms with Gasteiger partial charge in [0.2, 0.25) is 11.9 Å². The van der Waals surface area contributed by atoms with Crippen molar-refractivity contribution in [2.24, 2.45) is 0 Å². The highest BCUT2D eigenvalue weighted by Gasteiger charge is 2.17. The molecule has 1 aliphatic rings. The van der Waals surface area contributed by atoms with Gasteiger partial charge in [0.1, 0.15) is 5.82 Å². The van der Waals surface area contributed by atoms with Crippen LogP contribution in [0.1, 0.15) is 11.3 Å². The van der Waals surface area contributed by atoms with Crippen molar-refractivity contribution in [3.8, 4) is 0 Å². The zero-order valence-electron chi connectivity index (χ0n) is 17.4.